The molecule has 1 heterocycles. The van der Waals surface area contributed by atoms with E-state index in [9.17, 15) is 9.59 Å². The summed E-state index contributed by atoms with van der Waals surface area (Å²) in [7, 11) is 0. The Morgan fingerprint density at radius 3 is 2.38 bits per heavy atom. The number of rotatable bonds is 4. The maximum Gasteiger partial charge on any atom is 0.236 e. The predicted octanol–water partition coefficient (Wildman–Crippen LogP) is -1.77. The number of nitrogens with two attached hydrogens (primary N) is 1. The van der Waals surface area contributed by atoms with E-state index in [1.54, 1.807) is 4.90 Å². The highest BCUT2D eigenvalue weighted by Crippen LogP contribution is 2.00. The van der Waals surface area contributed by atoms with Gasteiger partial charge < -0.3 is 16.0 Å². The van der Waals surface area contributed by atoms with E-state index in [1.807, 2.05) is 0 Å². The molecule has 92 valence electrons. The number of hydrogen-bond donors (Lipinski definition) is 2. The minimum atomic E-state index is -0.00283. The number of piperazine rings is 1. The van der Waals surface area contributed by atoms with Gasteiger partial charge in [-0.05, 0) is 0 Å². The van der Waals surface area contributed by atoms with Gasteiger partial charge in [-0.3, -0.25) is 14.5 Å². The topological polar surface area (TPSA) is 78.7 Å². The first-order chi connectivity index (χ1) is 7.63. The molecule has 0 aromatic rings. The molecular weight excluding hydrogens is 208 g/mol. The summed E-state index contributed by atoms with van der Waals surface area (Å²) >= 11 is 0. The Bertz CT molecular complexity index is 249. The van der Waals surface area contributed by atoms with E-state index in [0.29, 0.717) is 6.54 Å². The van der Waals surface area contributed by atoms with Crippen molar-refractivity contribution in [3.63, 3.8) is 0 Å². The van der Waals surface area contributed by atoms with Gasteiger partial charge >= 0.3 is 0 Å². The molecule has 1 rings (SSSR count). The number of hydrogen-bond acceptors (Lipinski definition) is 4. The molecular formula is C10H20N4O2. The number of carbonyl (C=O) groups excluding carboxylic acids is 2. The molecule has 3 N–H and O–H groups in total. The lowest BCUT2D eigenvalue weighted by Crippen LogP contribution is -2.51. The fourth-order valence-corrected chi connectivity index (χ4v) is 1.74. The maximum atomic E-state index is 11.3. The molecule has 0 bridgehead atoms. The Kier molecular flexibility index (Phi) is 5.21. The average molecular weight is 228 g/mol. The Hall–Kier alpha value is -1.14. The van der Waals surface area contributed by atoms with Gasteiger partial charge in [0.1, 0.15) is 0 Å². The van der Waals surface area contributed by atoms with Crippen LogP contribution in [-0.4, -0.2) is 67.4 Å². The van der Waals surface area contributed by atoms with Crippen LogP contribution in [0.2, 0.25) is 0 Å². The standard InChI is InChI=1S/C10H20N4O2/c1-9(15)12-2-3-13-4-6-14(7-5-13)10(16)8-11/h2-8,11H2,1H3,(H,12,15). The van der Waals surface area contributed by atoms with Gasteiger partial charge in [0.2, 0.25) is 11.8 Å². The zero-order valence-electron chi connectivity index (χ0n) is 9.74. The Labute approximate surface area is 95.8 Å². The lowest BCUT2D eigenvalue weighted by Gasteiger charge is -2.34. The molecule has 6 heteroatoms. The van der Waals surface area contributed by atoms with Gasteiger partial charge in [0.15, 0.2) is 0 Å². The lowest BCUT2D eigenvalue weighted by molar-refractivity contribution is -0.131. The monoisotopic (exact) mass is 228 g/mol. The zero-order valence-corrected chi connectivity index (χ0v) is 9.74. The van der Waals surface area contributed by atoms with Crippen molar-refractivity contribution in [2.45, 2.75) is 6.92 Å². The summed E-state index contributed by atoms with van der Waals surface area (Å²) in [6, 6.07) is 0. The van der Waals surface area contributed by atoms with Gasteiger partial charge in [0.25, 0.3) is 0 Å². The third kappa shape index (κ3) is 4.16. The van der Waals surface area contributed by atoms with Crippen LogP contribution < -0.4 is 11.1 Å². The van der Waals surface area contributed by atoms with Crippen LogP contribution in [0.5, 0.6) is 0 Å². The third-order valence-corrected chi connectivity index (χ3v) is 2.70. The van der Waals surface area contributed by atoms with E-state index in [4.69, 9.17) is 5.73 Å². The van der Waals surface area contributed by atoms with E-state index < -0.39 is 0 Å². The first-order valence-electron chi connectivity index (χ1n) is 5.58. The van der Waals surface area contributed by atoms with Crippen LogP contribution in [0.15, 0.2) is 0 Å². The molecule has 1 fully saturated rings. The second-order valence-corrected chi connectivity index (χ2v) is 3.91. The summed E-state index contributed by atoms with van der Waals surface area (Å²) < 4.78 is 0. The molecule has 1 aliphatic heterocycles. The van der Waals surface area contributed by atoms with Crippen molar-refractivity contribution >= 4 is 11.8 Å². The molecule has 0 aliphatic carbocycles. The van der Waals surface area contributed by atoms with Crippen molar-refractivity contribution in [1.29, 1.82) is 0 Å². The van der Waals surface area contributed by atoms with E-state index in [0.717, 1.165) is 32.7 Å². The minimum absolute atomic E-state index is 0.00283. The van der Waals surface area contributed by atoms with Crippen LogP contribution in [0.1, 0.15) is 6.92 Å². The van der Waals surface area contributed by atoms with Gasteiger partial charge in [0, 0.05) is 46.2 Å². The third-order valence-electron chi connectivity index (χ3n) is 2.70. The van der Waals surface area contributed by atoms with Crippen LogP contribution in [0.3, 0.4) is 0 Å². The van der Waals surface area contributed by atoms with E-state index >= 15 is 0 Å². The maximum absolute atomic E-state index is 11.3. The SMILES string of the molecule is CC(=O)NCCN1CCN(C(=O)CN)CC1. The fourth-order valence-electron chi connectivity index (χ4n) is 1.74. The summed E-state index contributed by atoms with van der Waals surface area (Å²) in [6.07, 6.45) is 0. The largest absolute Gasteiger partial charge is 0.355 e. The van der Waals surface area contributed by atoms with Gasteiger partial charge in [-0.2, -0.15) is 0 Å². The minimum Gasteiger partial charge on any atom is -0.355 e. The molecule has 6 nitrogen and oxygen atoms in total. The number of nitrogens with zero attached hydrogens (tertiary/aromatic N) is 2. The molecule has 0 saturated carbocycles. The molecule has 0 radical (unpaired) electrons. The Morgan fingerprint density at radius 2 is 1.88 bits per heavy atom. The van der Waals surface area contributed by atoms with Crippen molar-refractivity contribution in [3.05, 3.63) is 0 Å². The first-order valence-corrected chi connectivity index (χ1v) is 5.58. The van der Waals surface area contributed by atoms with Gasteiger partial charge in [-0.15, -0.1) is 0 Å². The second kappa shape index (κ2) is 6.44. The highest BCUT2D eigenvalue weighted by molar-refractivity contribution is 5.78. The van der Waals surface area contributed by atoms with Crippen LogP contribution in [0, 0.1) is 0 Å². The normalized spacial score (nSPS) is 17.2. The molecule has 0 spiro atoms. The number of carbonyl (C=O) groups is 2. The van der Waals surface area contributed by atoms with E-state index in [-0.39, 0.29) is 18.4 Å². The van der Waals surface area contributed by atoms with Crippen molar-refractivity contribution in [2.24, 2.45) is 5.73 Å². The van der Waals surface area contributed by atoms with Gasteiger partial charge in [-0.25, -0.2) is 0 Å². The summed E-state index contributed by atoms with van der Waals surface area (Å²) in [6.45, 7) is 6.27. The van der Waals surface area contributed by atoms with E-state index in [2.05, 4.69) is 10.2 Å². The van der Waals surface area contributed by atoms with Crippen molar-refractivity contribution in [3.8, 4) is 0 Å². The molecule has 16 heavy (non-hydrogen) atoms. The summed E-state index contributed by atoms with van der Waals surface area (Å²) in [5.41, 5.74) is 5.30. The van der Waals surface area contributed by atoms with Gasteiger partial charge in [0.05, 0.1) is 6.54 Å². The van der Waals surface area contributed by atoms with Crippen molar-refractivity contribution in [1.82, 2.24) is 15.1 Å². The highest BCUT2D eigenvalue weighted by atomic mass is 16.2. The molecule has 1 saturated heterocycles. The predicted molar refractivity (Wildman–Crippen MR) is 60.8 cm³/mol. The van der Waals surface area contributed by atoms with Crippen LogP contribution in [0.25, 0.3) is 0 Å². The molecule has 2 amide bonds. The van der Waals surface area contributed by atoms with Crippen LogP contribution in [0.4, 0.5) is 0 Å². The molecule has 0 aromatic heterocycles. The second-order valence-electron chi connectivity index (χ2n) is 3.91. The molecule has 1 aliphatic rings. The van der Waals surface area contributed by atoms with Crippen LogP contribution >= 0.6 is 0 Å². The first kappa shape index (κ1) is 12.9. The molecule has 0 unspecified atom stereocenters. The quantitative estimate of drug-likeness (QED) is 0.596. The Morgan fingerprint density at radius 1 is 1.25 bits per heavy atom. The fraction of sp³-hybridized carbons (Fsp3) is 0.800. The average Bonchev–Trinajstić information content (AvgIpc) is 2.28. The molecule has 0 atom stereocenters. The number of amides is 2. The highest BCUT2D eigenvalue weighted by Gasteiger charge is 2.19. The van der Waals surface area contributed by atoms with Crippen LogP contribution in [-0.2, 0) is 9.59 Å². The van der Waals surface area contributed by atoms with Crippen molar-refractivity contribution < 1.29 is 9.59 Å². The summed E-state index contributed by atoms with van der Waals surface area (Å²) in [5, 5.41) is 2.76. The number of nitrogens with one attached hydrogen (secondary N) is 1. The van der Waals surface area contributed by atoms with Gasteiger partial charge in [-0.1, -0.05) is 0 Å². The zero-order chi connectivity index (χ0) is 12.0. The molecule has 0 aromatic carbocycles. The summed E-state index contributed by atoms with van der Waals surface area (Å²) in [5.74, 6) is 0.0125. The lowest BCUT2D eigenvalue weighted by atomic mass is 10.3. The van der Waals surface area contributed by atoms with E-state index in [1.165, 1.54) is 6.92 Å². The summed E-state index contributed by atoms with van der Waals surface area (Å²) in [4.78, 5) is 26.0. The van der Waals surface area contributed by atoms with Crippen molar-refractivity contribution in [2.75, 3.05) is 45.8 Å². The smallest absolute Gasteiger partial charge is 0.236 e. The Balaban J connectivity index is 2.17.